The van der Waals surface area contributed by atoms with Gasteiger partial charge in [-0.1, -0.05) is 32.0 Å². The van der Waals surface area contributed by atoms with E-state index in [1.807, 2.05) is 19.1 Å². The Labute approximate surface area is 150 Å². The maximum atomic E-state index is 5.95. The van der Waals surface area contributed by atoms with Gasteiger partial charge in [-0.3, -0.25) is 0 Å². The molecule has 1 aromatic heterocycles. The number of benzene rings is 1. The summed E-state index contributed by atoms with van der Waals surface area (Å²) in [6, 6.07) is 8.21. The van der Waals surface area contributed by atoms with Crippen LogP contribution in [0, 0.1) is 12.8 Å². The number of fused-ring (bicyclic) bond motifs is 2. The standard InChI is InChI=1S/C20H28N4O/c1-5-24(4)12-14(2)11-21-20-17-10-16-8-6-7-9-19(16)25-13-18(17)22-15(3)23-20/h6-9,14H,5,10-13H2,1-4H3,(H,21,22,23)/t14-/m0/s1. The Balaban J connectivity index is 1.81. The molecule has 134 valence electrons. The Morgan fingerprint density at radius 1 is 1.28 bits per heavy atom. The molecular weight excluding hydrogens is 312 g/mol. The van der Waals surface area contributed by atoms with E-state index in [2.05, 4.69) is 53.2 Å². The van der Waals surface area contributed by atoms with Crippen LogP contribution < -0.4 is 10.1 Å². The van der Waals surface area contributed by atoms with Crippen molar-refractivity contribution in [3.8, 4) is 5.75 Å². The topological polar surface area (TPSA) is 50.3 Å². The van der Waals surface area contributed by atoms with Crippen LogP contribution in [0.4, 0.5) is 5.82 Å². The molecule has 1 aliphatic heterocycles. The first-order chi connectivity index (χ1) is 12.1. The molecule has 5 nitrogen and oxygen atoms in total. The number of anilines is 1. The third-order valence-corrected chi connectivity index (χ3v) is 4.69. The molecule has 0 aliphatic carbocycles. The fourth-order valence-electron chi connectivity index (χ4n) is 3.23. The van der Waals surface area contributed by atoms with Crippen molar-refractivity contribution in [1.29, 1.82) is 0 Å². The number of nitrogens with zero attached hydrogens (tertiary/aromatic N) is 3. The molecule has 0 amide bonds. The molecule has 0 radical (unpaired) electrons. The molecule has 2 heterocycles. The zero-order chi connectivity index (χ0) is 17.8. The third-order valence-electron chi connectivity index (χ3n) is 4.69. The quantitative estimate of drug-likeness (QED) is 0.875. The number of aromatic nitrogens is 2. The van der Waals surface area contributed by atoms with E-state index in [0.717, 1.165) is 54.7 Å². The van der Waals surface area contributed by atoms with E-state index in [1.165, 1.54) is 5.56 Å². The SMILES string of the molecule is CCN(C)C[C@@H](C)CNc1nc(C)nc2c1Cc1ccccc1OC2. The molecule has 0 fully saturated rings. The summed E-state index contributed by atoms with van der Waals surface area (Å²) in [6.07, 6.45) is 0.803. The molecule has 5 heteroatoms. The van der Waals surface area contributed by atoms with E-state index in [-0.39, 0.29) is 0 Å². The molecule has 0 spiro atoms. The molecule has 2 aromatic rings. The van der Waals surface area contributed by atoms with E-state index >= 15 is 0 Å². The molecule has 1 N–H and O–H groups in total. The van der Waals surface area contributed by atoms with Crippen molar-refractivity contribution in [2.24, 2.45) is 5.92 Å². The second-order valence-electron chi connectivity index (χ2n) is 6.96. The van der Waals surface area contributed by atoms with Crippen LogP contribution in [0.15, 0.2) is 24.3 Å². The van der Waals surface area contributed by atoms with Crippen molar-refractivity contribution in [2.45, 2.75) is 33.8 Å². The highest BCUT2D eigenvalue weighted by atomic mass is 16.5. The number of nitrogens with one attached hydrogen (secondary N) is 1. The van der Waals surface area contributed by atoms with E-state index in [9.17, 15) is 0 Å². The summed E-state index contributed by atoms with van der Waals surface area (Å²) in [7, 11) is 2.16. The molecule has 0 saturated carbocycles. The molecule has 0 saturated heterocycles. The smallest absolute Gasteiger partial charge is 0.133 e. The first-order valence-electron chi connectivity index (χ1n) is 9.06. The zero-order valence-corrected chi connectivity index (χ0v) is 15.7. The highest BCUT2D eigenvalue weighted by Gasteiger charge is 2.20. The summed E-state index contributed by atoms with van der Waals surface area (Å²) in [4.78, 5) is 11.6. The molecule has 1 aliphatic rings. The van der Waals surface area contributed by atoms with Crippen LogP contribution in [0.2, 0.25) is 0 Å². The van der Waals surface area contributed by atoms with Crippen molar-refractivity contribution < 1.29 is 4.74 Å². The van der Waals surface area contributed by atoms with Crippen LogP contribution in [-0.4, -0.2) is 41.5 Å². The summed E-state index contributed by atoms with van der Waals surface area (Å²) in [5.74, 6) is 3.23. The second-order valence-corrected chi connectivity index (χ2v) is 6.96. The van der Waals surface area contributed by atoms with Crippen LogP contribution in [0.5, 0.6) is 5.75 Å². The van der Waals surface area contributed by atoms with E-state index in [4.69, 9.17) is 4.74 Å². The maximum absolute atomic E-state index is 5.95. The lowest BCUT2D eigenvalue weighted by molar-refractivity contribution is 0.301. The van der Waals surface area contributed by atoms with Crippen molar-refractivity contribution >= 4 is 5.82 Å². The number of aryl methyl sites for hydroxylation is 1. The number of hydrogen-bond acceptors (Lipinski definition) is 5. The predicted molar refractivity (Wildman–Crippen MR) is 101 cm³/mol. The lowest BCUT2D eigenvalue weighted by atomic mass is 10.0. The van der Waals surface area contributed by atoms with Gasteiger partial charge < -0.3 is 15.0 Å². The minimum absolute atomic E-state index is 0.499. The highest BCUT2D eigenvalue weighted by molar-refractivity contribution is 5.52. The number of para-hydroxylation sites is 1. The Morgan fingerprint density at radius 3 is 2.88 bits per heavy atom. The molecule has 3 rings (SSSR count). The maximum Gasteiger partial charge on any atom is 0.133 e. The summed E-state index contributed by atoms with van der Waals surface area (Å²) >= 11 is 0. The monoisotopic (exact) mass is 340 g/mol. The van der Waals surface area contributed by atoms with Gasteiger partial charge in [0.05, 0.1) is 5.69 Å². The Bertz CT molecular complexity index is 732. The largest absolute Gasteiger partial charge is 0.487 e. The minimum atomic E-state index is 0.499. The van der Waals surface area contributed by atoms with Crippen molar-refractivity contribution in [2.75, 3.05) is 32.0 Å². The Kier molecular flexibility index (Phi) is 5.53. The highest BCUT2D eigenvalue weighted by Crippen LogP contribution is 2.30. The van der Waals surface area contributed by atoms with Gasteiger partial charge in [0.2, 0.25) is 0 Å². The van der Waals surface area contributed by atoms with Gasteiger partial charge in [0.25, 0.3) is 0 Å². The Hall–Kier alpha value is -2.14. The Morgan fingerprint density at radius 2 is 2.08 bits per heavy atom. The molecule has 0 bridgehead atoms. The van der Waals surface area contributed by atoms with Crippen molar-refractivity contribution in [3.05, 3.63) is 46.9 Å². The van der Waals surface area contributed by atoms with E-state index in [0.29, 0.717) is 12.5 Å². The van der Waals surface area contributed by atoms with Crippen LogP contribution >= 0.6 is 0 Å². The lowest BCUT2D eigenvalue weighted by Gasteiger charge is -2.21. The summed E-state index contributed by atoms with van der Waals surface area (Å²) < 4.78 is 5.95. The van der Waals surface area contributed by atoms with Crippen molar-refractivity contribution in [1.82, 2.24) is 14.9 Å². The van der Waals surface area contributed by atoms with Crippen LogP contribution in [0.3, 0.4) is 0 Å². The molecular formula is C20H28N4O. The molecule has 25 heavy (non-hydrogen) atoms. The molecule has 1 aromatic carbocycles. The first-order valence-corrected chi connectivity index (χ1v) is 9.06. The molecule has 0 unspecified atom stereocenters. The second kappa shape index (κ2) is 7.83. The van der Waals surface area contributed by atoms with Gasteiger partial charge in [0.15, 0.2) is 0 Å². The average molecular weight is 340 g/mol. The van der Waals surface area contributed by atoms with Crippen molar-refractivity contribution in [3.63, 3.8) is 0 Å². The molecule has 1 atom stereocenters. The van der Waals surface area contributed by atoms with Gasteiger partial charge in [0.1, 0.15) is 24.0 Å². The minimum Gasteiger partial charge on any atom is -0.487 e. The van der Waals surface area contributed by atoms with Gasteiger partial charge >= 0.3 is 0 Å². The van der Waals surface area contributed by atoms with Crippen LogP contribution in [0.25, 0.3) is 0 Å². The van der Waals surface area contributed by atoms with Gasteiger partial charge in [-0.15, -0.1) is 0 Å². The van der Waals surface area contributed by atoms with Gasteiger partial charge in [-0.25, -0.2) is 9.97 Å². The van der Waals surface area contributed by atoms with Crippen LogP contribution in [0.1, 0.15) is 36.5 Å². The van der Waals surface area contributed by atoms with Crippen LogP contribution in [-0.2, 0) is 13.0 Å². The predicted octanol–water partition coefficient (Wildman–Crippen LogP) is 3.27. The fraction of sp³-hybridized carbons (Fsp3) is 0.500. The first kappa shape index (κ1) is 17.7. The zero-order valence-electron chi connectivity index (χ0n) is 15.7. The van der Waals surface area contributed by atoms with Gasteiger partial charge in [-0.2, -0.15) is 0 Å². The third kappa shape index (κ3) is 4.28. The number of rotatable bonds is 6. The number of hydrogen-bond donors (Lipinski definition) is 1. The number of ether oxygens (including phenoxy) is 1. The lowest BCUT2D eigenvalue weighted by Crippen LogP contribution is -2.28. The summed E-state index contributed by atoms with van der Waals surface area (Å²) in [5, 5.41) is 3.57. The van der Waals surface area contributed by atoms with Gasteiger partial charge in [-0.05, 0) is 38.1 Å². The average Bonchev–Trinajstić information content (AvgIpc) is 2.79. The summed E-state index contributed by atoms with van der Waals surface area (Å²) in [6.45, 7) is 9.93. The van der Waals surface area contributed by atoms with E-state index < -0.39 is 0 Å². The summed E-state index contributed by atoms with van der Waals surface area (Å²) in [5.41, 5.74) is 3.34. The fourth-order valence-corrected chi connectivity index (χ4v) is 3.23. The van der Waals surface area contributed by atoms with Gasteiger partial charge in [0, 0.05) is 25.1 Å². The normalized spacial score (nSPS) is 14.3. The van der Waals surface area contributed by atoms with E-state index in [1.54, 1.807) is 0 Å².